The second-order valence-electron chi connectivity index (χ2n) is 8.14. The van der Waals surface area contributed by atoms with Gasteiger partial charge in [0.1, 0.15) is 24.4 Å². The van der Waals surface area contributed by atoms with Crippen LogP contribution in [0.3, 0.4) is 0 Å². The standard InChI is InChI=1S/C23H25NO6/c24-11-16-7-8-18(23(29)22(28)21(27)20(26)19(12-25)30-23)10-17(16)9-13-1-3-14(4-2-13)15-5-6-15/h1-4,7-8,10,15,19-22,25-29H,5-6,9,12H2/t19-,20-,21+,22-,23?/m1/s1. The molecule has 1 saturated carbocycles. The predicted molar refractivity (Wildman–Crippen MR) is 106 cm³/mol. The third-order valence-corrected chi connectivity index (χ3v) is 6.03. The molecule has 5 N–H and O–H groups in total. The van der Waals surface area contributed by atoms with E-state index in [1.165, 1.54) is 30.5 Å². The van der Waals surface area contributed by atoms with Gasteiger partial charge in [0, 0.05) is 5.56 Å². The lowest BCUT2D eigenvalue weighted by molar-refractivity contribution is -0.357. The van der Waals surface area contributed by atoms with E-state index in [0.29, 0.717) is 23.5 Å². The molecule has 7 heteroatoms. The number of aliphatic hydroxyl groups excluding tert-OH is 4. The third-order valence-electron chi connectivity index (χ3n) is 6.03. The molecule has 1 aliphatic carbocycles. The molecule has 1 unspecified atom stereocenters. The van der Waals surface area contributed by atoms with Crippen molar-refractivity contribution in [1.82, 2.24) is 0 Å². The zero-order valence-corrected chi connectivity index (χ0v) is 16.3. The molecule has 158 valence electrons. The summed E-state index contributed by atoms with van der Waals surface area (Å²) in [5.41, 5.74) is 3.47. The van der Waals surface area contributed by atoms with Crippen molar-refractivity contribution < 1.29 is 30.3 Å². The number of aliphatic hydroxyl groups is 5. The molecule has 2 aromatic rings. The summed E-state index contributed by atoms with van der Waals surface area (Å²) in [5, 5.41) is 60.4. The molecule has 30 heavy (non-hydrogen) atoms. The van der Waals surface area contributed by atoms with Gasteiger partial charge in [-0.1, -0.05) is 30.3 Å². The van der Waals surface area contributed by atoms with Crippen LogP contribution in [0.5, 0.6) is 0 Å². The van der Waals surface area contributed by atoms with Crippen molar-refractivity contribution in [3.63, 3.8) is 0 Å². The molecule has 0 aromatic heterocycles. The first-order valence-electron chi connectivity index (χ1n) is 10.0. The Labute approximate surface area is 174 Å². The molecule has 0 bridgehead atoms. The van der Waals surface area contributed by atoms with Gasteiger partial charge in [0.25, 0.3) is 0 Å². The van der Waals surface area contributed by atoms with Crippen molar-refractivity contribution in [2.75, 3.05) is 6.61 Å². The quantitative estimate of drug-likeness (QED) is 0.488. The first-order valence-corrected chi connectivity index (χ1v) is 10.0. The smallest absolute Gasteiger partial charge is 0.222 e. The lowest BCUT2D eigenvalue weighted by Crippen LogP contribution is -2.63. The lowest BCUT2D eigenvalue weighted by Gasteiger charge is -2.45. The fourth-order valence-electron chi connectivity index (χ4n) is 4.01. The number of nitrogens with zero attached hydrogens (tertiary/aromatic N) is 1. The van der Waals surface area contributed by atoms with Gasteiger partial charge in [0.15, 0.2) is 0 Å². The van der Waals surface area contributed by atoms with Crippen LogP contribution in [-0.2, 0) is 16.9 Å². The van der Waals surface area contributed by atoms with Crippen molar-refractivity contribution in [3.8, 4) is 6.07 Å². The van der Waals surface area contributed by atoms with Crippen LogP contribution in [0.4, 0.5) is 0 Å². The third kappa shape index (κ3) is 3.74. The zero-order valence-electron chi connectivity index (χ0n) is 16.3. The van der Waals surface area contributed by atoms with Gasteiger partial charge >= 0.3 is 0 Å². The van der Waals surface area contributed by atoms with E-state index in [-0.39, 0.29) is 5.56 Å². The van der Waals surface area contributed by atoms with Crippen LogP contribution in [0.25, 0.3) is 0 Å². The van der Waals surface area contributed by atoms with E-state index < -0.39 is 36.8 Å². The maximum atomic E-state index is 11.0. The Morgan fingerprint density at radius 3 is 2.33 bits per heavy atom. The van der Waals surface area contributed by atoms with Crippen molar-refractivity contribution in [2.24, 2.45) is 0 Å². The van der Waals surface area contributed by atoms with E-state index in [0.717, 1.165) is 5.56 Å². The molecule has 1 heterocycles. The normalized spacial score (nSPS) is 31.3. The van der Waals surface area contributed by atoms with Crippen LogP contribution < -0.4 is 0 Å². The Balaban J connectivity index is 1.65. The second-order valence-corrected chi connectivity index (χ2v) is 8.14. The molecule has 1 aliphatic heterocycles. The van der Waals surface area contributed by atoms with Gasteiger partial charge < -0.3 is 30.3 Å². The summed E-state index contributed by atoms with van der Waals surface area (Å²) in [4.78, 5) is 0. The van der Waals surface area contributed by atoms with E-state index in [4.69, 9.17) is 4.74 Å². The van der Waals surface area contributed by atoms with E-state index in [1.807, 2.05) is 12.1 Å². The molecule has 2 aromatic carbocycles. The molecule has 0 spiro atoms. The fourth-order valence-corrected chi connectivity index (χ4v) is 4.01. The van der Waals surface area contributed by atoms with Crippen LogP contribution in [-0.4, -0.2) is 56.6 Å². The van der Waals surface area contributed by atoms with Crippen LogP contribution >= 0.6 is 0 Å². The number of hydrogen-bond donors (Lipinski definition) is 5. The first-order chi connectivity index (χ1) is 14.4. The maximum Gasteiger partial charge on any atom is 0.222 e. The molecule has 5 atom stereocenters. The highest BCUT2D eigenvalue weighted by Crippen LogP contribution is 2.40. The number of nitriles is 1. The molecule has 0 radical (unpaired) electrons. The van der Waals surface area contributed by atoms with E-state index in [9.17, 15) is 30.8 Å². The lowest BCUT2D eigenvalue weighted by atomic mass is 9.86. The Bertz CT molecular complexity index is 949. The summed E-state index contributed by atoms with van der Waals surface area (Å²) in [6.07, 6.45) is -3.51. The Morgan fingerprint density at radius 2 is 1.73 bits per heavy atom. The second kappa shape index (κ2) is 8.08. The molecular weight excluding hydrogens is 386 g/mol. The summed E-state index contributed by atoms with van der Waals surface area (Å²) in [6.45, 7) is -0.649. The van der Waals surface area contributed by atoms with Gasteiger partial charge in [-0.05, 0) is 54.0 Å². The van der Waals surface area contributed by atoms with E-state index in [1.54, 1.807) is 6.07 Å². The van der Waals surface area contributed by atoms with Gasteiger partial charge in [0.2, 0.25) is 5.79 Å². The number of benzene rings is 2. The van der Waals surface area contributed by atoms with Gasteiger partial charge in [-0.2, -0.15) is 5.26 Å². The predicted octanol–water partition coefficient (Wildman–Crippen LogP) is 0.645. The van der Waals surface area contributed by atoms with Gasteiger partial charge in [-0.15, -0.1) is 0 Å². The monoisotopic (exact) mass is 411 g/mol. The molecule has 7 nitrogen and oxygen atoms in total. The SMILES string of the molecule is N#Cc1ccc(C2(O)O[C@H](CO)[C@@H](O)[C@H](O)[C@H]2O)cc1Cc1ccc(C2CC2)cc1. The molecule has 4 rings (SSSR count). The largest absolute Gasteiger partial charge is 0.394 e. The van der Waals surface area contributed by atoms with Crippen LogP contribution in [0.2, 0.25) is 0 Å². The van der Waals surface area contributed by atoms with E-state index in [2.05, 4.69) is 18.2 Å². The Kier molecular flexibility index (Phi) is 5.64. The van der Waals surface area contributed by atoms with Crippen molar-refractivity contribution in [3.05, 3.63) is 70.3 Å². The summed E-state index contributed by atoms with van der Waals surface area (Å²) in [7, 11) is 0. The topological polar surface area (TPSA) is 134 Å². The number of rotatable bonds is 5. The highest BCUT2D eigenvalue weighted by Gasteiger charge is 2.53. The van der Waals surface area contributed by atoms with Gasteiger partial charge in [0.05, 0.1) is 18.2 Å². The van der Waals surface area contributed by atoms with Crippen LogP contribution in [0.1, 0.15) is 46.6 Å². The van der Waals surface area contributed by atoms with Crippen molar-refractivity contribution in [1.29, 1.82) is 5.26 Å². The number of hydrogen-bond acceptors (Lipinski definition) is 7. The van der Waals surface area contributed by atoms with Gasteiger partial charge in [-0.25, -0.2) is 0 Å². The average Bonchev–Trinajstić information content (AvgIpc) is 3.61. The van der Waals surface area contributed by atoms with Crippen LogP contribution in [0.15, 0.2) is 42.5 Å². The maximum absolute atomic E-state index is 11.0. The first kappa shape index (κ1) is 20.9. The minimum Gasteiger partial charge on any atom is -0.394 e. The highest BCUT2D eigenvalue weighted by molar-refractivity contribution is 5.45. The number of ether oxygens (including phenoxy) is 1. The molecular formula is C23H25NO6. The average molecular weight is 411 g/mol. The van der Waals surface area contributed by atoms with E-state index >= 15 is 0 Å². The Morgan fingerprint density at radius 1 is 1.03 bits per heavy atom. The van der Waals surface area contributed by atoms with Crippen molar-refractivity contribution >= 4 is 0 Å². The molecule has 0 amide bonds. The Hall–Kier alpha value is -2.31. The summed E-state index contributed by atoms with van der Waals surface area (Å²) in [5.74, 6) is -1.69. The van der Waals surface area contributed by atoms with Crippen LogP contribution in [0, 0.1) is 11.3 Å². The molecule has 2 aliphatic rings. The molecule has 2 fully saturated rings. The zero-order chi connectivity index (χ0) is 21.5. The minimum absolute atomic E-state index is 0.128. The van der Waals surface area contributed by atoms with Gasteiger partial charge in [-0.3, -0.25) is 0 Å². The molecule has 1 saturated heterocycles. The minimum atomic E-state index is -2.34. The highest BCUT2D eigenvalue weighted by atomic mass is 16.7. The summed E-state index contributed by atoms with van der Waals surface area (Å²) < 4.78 is 5.39. The van der Waals surface area contributed by atoms with Crippen molar-refractivity contribution in [2.45, 2.75) is 55.4 Å². The fraction of sp³-hybridized carbons (Fsp3) is 0.435. The summed E-state index contributed by atoms with van der Waals surface area (Å²) in [6, 6.07) is 14.8. The summed E-state index contributed by atoms with van der Waals surface area (Å²) >= 11 is 0.